The number of hydrogen-bond donors (Lipinski definition) is 1. The van der Waals surface area contributed by atoms with E-state index in [9.17, 15) is 5.11 Å². The second-order valence-electron chi connectivity index (χ2n) is 7.91. The summed E-state index contributed by atoms with van der Waals surface area (Å²) in [4.78, 5) is 0. The molecule has 0 saturated heterocycles. The zero-order valence-electron chi connectivity index (χ0n) is 18.8. The van der Waals surface area contributed by atoms with E-state index in [4.69, 9.17) is 0 Å². The maximum atomic E-state index is 9.18. The fraction of sp³-hybridized carbons (Fsp3) is 0.179. The van der Waals surface area contributed by atoms with Gasteiger partial charge in [-0.25, -0.2) is 12.2 Å². The first kappa shape index (κ1) is 30.1. The van der Waals surface area contributed by atoms with Gasteiger partial charge in [-0.3, -0.25) is 6.08 Å². The molecule has 1 nitrogen and oxygen atoms in total. The predicted molar refractivity (Wildman–Crippen MR) is 139 cm³/mol. The molecule has 32 heavy (non-hydrogen) atoms. The molecule has 0 spiro atoms. The van der Waals surface area contributed by atoms with Crippen molar-refractivity contribution in [3.05, 3.63) is 126 Å². The van der Waals surface area contributed by atoms with Gasteiger partial charge < -0.3 is 5.11 Å². The molecular formula is C28H31Cl2OTi. The van der Waals surface area contributed by atoms with Crippen molar-refractivity contribution < 1.29 is 25.1 Å². The van der Waals surface area contributed by atoms with Gasteiger partial charge in [-0.2, -0.15) is 6.08 Å². The molecule has 0 aliphatic heterocycles. The molecule has 0 bridgehead atoms. The van der Waals surface area contributed by atoms with Crippen LogP contribution in [0.5, 0.6) is 5.75 Å². The number of allylic oxidation sites excluding steroid dienone is 4. The van der Waals surface area contributed by atoms with Crippen LogP contribution < -0.4 is 0 Å². The Morgan fingerprint density at radius 3 is 1.66 bits per heavy atom. The fourth-order valence-corrected chi connectivity index (χ4v) is 3.21. The van der Waals surface area contributed by atoms with Crippen molar-refractivity contribution in [3.63, 3.8) is 0 Å². The number of halogens is 2. The molecule has 0 radical (unpaired) electrons. The van der Waals surface area contributed by atoms with Crippen LogP contribution in [0.3, 0.4) is 0 Å². The molecule has 3 aromatic rings. The van der Waals surface area contributed by atoms with Crippen LogP contribution in [-0.4, -0.2) is 8.92 Å². The molecule has 0 saturated carbocycles. The molecule has 1 N–H and O–H groups in total. The van der Waals surface area contributed by atoms with Gasteiger partial charge in [0.2, 0.25) is 0 Å². The number of benzene rings is 3. The third-order valence-corrected chi connectivity index (χ3v) is 5.32. The standard InChI is InChI=1S/C13H10.C10H14O.C5H5.2ClH.Ti/c1-3-7-12(8-4-1)11-13-9-5-2-6-10-13;1-10(2,3)8-5-4-6-9(11)7-8;1-2-4-5-3-1;;;/h1-10H;4-7,11H,1-3H3;1-3H,4H2;2*1H;/q;;-1;;;+1. The Balaban J connectivity index is 0.000000478. The second-order valence-corrected chi connectivity index (χ2v) is 8.69. The van der Waals surface area contributed by atoms with Crippen molar-refractivity contribution in [1.29, 1.82) is 0 Å². The molecule has 0 unspecified atom stereocenters. The Morgan fingerprint density at radius 2 is 1.34 bits per heavy atom. The molecule has 0 heterocycles. The summed E-state index contributed by atoms with van der Waals surface area (Å²) in [6, 6.07) is 28.3. The van der Waals surface area contributed by atoms with Crippen molar-refractivity contribution in [2.75, 3.05) is 0 Å². The molecule has 1 aliphatic rings. The molecule has 0 atom stereocenters. The van der Waals surface area contributed by atoms with Gasteiger partial charge in [0.1, 0.15) is 5.75 Å². The molecule has 4 rings (SSSR count). The van der Waals surface area contributed by atoms with Crippen LogP contribution in [0, 0.1) is 6.08 Å². The van der Waals surface area contributed by atoms with E-state index in [2.05, 4.69) is 101 Å². The Kier molecular flexibility index (Phi) is 14.9. The molecular weight excluding hydrogens is 471 g/mol. The second kappa shape index (κ2) is 15.8. The van der Waals surface area contributed by atoms with Crippen LogP contribution in [0.1, 0.15) is 43.9 Å². The van der Waals surface area contributed by atoms with Gasteiger partial charge in [0.15, 0.2) is 0 Å². The molecule has 0 fully saturated rings. The number of phenolic OH excluding ortho intramolecular Hbond substituents is 1. The van der Waals surface area contributed by atoms with E-state index in [-0.39, 0.29) is 30.2 Å². The van der Waals surface area contributed by atoms with Crippen molar-refractivity contribution >= 4 is 28.6 Å². The molecule has 167 valence electrons. The third kappa shape index (κ3) is 11.1. The van der Waals surface area contributed by atoms with Crippen LogP contribution >= 0.6 is 24.8 Å². The SMILES string of the molecule is CC(C)(C)c1cccc(O)c1.Cl.Cl.[C-]1=CC=CC1.[Ti+]=[C](c1ccccc1)c1ccccc1. The first-order valence-corrected chi connectivity index (χ1v) is 10.9. The Morgan fingerprint density at radius 1 is 0.812 bits per heavy atom. The summed E-state index contributed by atoms with van der Waals surface area (Å²) in [7, 11) is 0. The van der Waals surface area contributed by atoms with Crippen molar-refractivity contribution in [2.24, 2.45) is 0 Å². The van der Waals surface area contributed by atoms with Gasteiger partial charge in [0.05, 0.1) is 0 Å². The number of aromatic hydroxyl groups is 1. The molecule has 4 heteroatoms. The van der Waals surface area contributed by atoms with Crippen LogP contribution in [-0.2, 0) is 25.4 Å². The summed E-state index contributed by atoms with van der Waals surface area (Å²) >= 11 is 2.16. The van der Waals surface area contributed by atoms with E-state index in [0.29, 0.717) is 5.75 Å². The van der Waals surface area contributed by atoms with Gasteiger partial charge in [-0.05, 0) is 23.1 Å². The van der Waals surface area contributed by atoms with Crippen molar-refractivity contribution in [2.45, 2.75) is 32.6 Å². The third-order valence-electron chi connectivity index (χ3n) is 4.42. The number of rotatable bonds is 2. The van der Waals surface area contributed by atoms with Gasteiger partial charge in [0.25, 0.3) is 0 Å². The van der Waals surface area contributed by atoms with Crippen LogP contribution in [0.4, 0.5) is 0 Å². The first-order valence-electron chi connectivity index (χ1n) is 10.1. The van der Waals surface area contributed by atoms with E-state index >= 15 is 0 Å². The van der Waals surface area contributed by atoms with Gasteiger partial charge in [0, 0.05) is 0 Å². The van der Waals surface area contributed by atoms with E-state index in [1.807, 2.05) is 36.4 Å². The normalized spacial score (nSPS) is 11.0. The van der Waals surface area contributed by atoms with Gasteiger partial charge in [-0.15, -0.1) is 31.2 Å². The minimum atomic E-state index is 0. The zero-order chi connectivity index (χ0) is 21.8. The van der Waals surface area contributed by atoms with E-state index < -0.39 is 0 Å². The van der Waals surface area contributed by atoms with Crippen LogP contribution in [0.15, 0.2) is 103 Å². The van der Waals surface area contributed by atoms with Gasteiger partial charge >= 0.3 is 95.6 Å². The maximum absolute atomic E-state index is 9.18. The Labute approximate surface area is 217 Å². The molecule has 0 aromatic heterocycles. The van der Waals surface area contributed by atoms with Crippen molar-refractivity contribution in [3.8, 4) is 5.75 Å². The molecule has 3 aromatic carbocycles. The summed E-state index contributed by atoms with van der Waals surface area (Å²) in [6.07, 6.45) is 10.0. The number of hydrogen-bond acceptors (Lipinski definition) is 1. The molecule has 0 amide bonds. The van der Waals surface area contributed by atoms with Gasteiger partial charge in [-0.1, -0.05) is 32.9 Å². The van der Waals surface area contributed by atoms with Crippen molar-refractivity contribution in [1.82, 2.24) is 0 Å². The Bertz CT molecular complexity index is 924. The quantitative estimate of drug-likeness (QED) is 0.282. The van der Waals surface area contributed by atoms with Crippen LogP contribution in [0.25, 0.3) is 0 Å². The minimum absolute atomic E-state index is 0. The Hall–Kier alpha value is -1.90. The first-order chi connectivity index (χ1) is 14.4. The zero-order valence-corrected chi connectivity index (χ0v) is 22.0. The topological polar surface area (TPSA) is 20.2 Å². The summed E-state index contributed by atoms with van der Waals surface area (Å²) in [5.74, 6) is 0.345. The summed E-state index contributed by atoms with van der Waals surface area (Å²) in [6.45, 7) is 6.38. The fourth-order valence-electron chi connectivity index (χ4n) is 2.69. The predicted octanol–water partition coefficient (Wildman–Crippen LogP) is 7.64. The molecule has 1 aliphatic carbocycles. The van der Waals surface area contributed by atoms with Crippen LogP contribution in [0.2, 0.25) is 0 Å². The number of phenols is 1. The monoisotopic (exact) mass is 501 g/mol. The van der Waals surface area contributed by atoms with E-state index in [0.717, 1.165) is 12.0 Å². The van der Waals surface area contributed by atoms with E-state index in [1.165, 1.54) is 14.9 Å². The van der Waals surface area contributed by atoms with E-state index in [1.54, 1.807) is 12.1 Å². The summed E-state index contributed by atoms with van der Waals surface area (Å²) in [5.41, 5.74) is 3.87. The summed E-state index contributed by atoms with van der Waals surface area (Å²) < 4.78 is 1.33. The average molecular weight is 502 g/mol. The average Bonchev–Trinajstić information content (AvgIpc) is 3.35. The summed E-state index contributed by atoms with van der Waals surface area (Å²) in [5, 5.41) is 9.18.